The molecule has 0 aliphatic rings. The molecule has 0 aromatic rings. The maximum absolute atomic E-state index is 4.66. The Morgan fingerprint density at radius 3 is 2.50 bits per heavy atom. The van der Waals surface area contributed by atoms with Crippen LogP contribution in [-0.4, -0.2) is 6.61 Å². The second kappa shape index (κ2) is 5.49. The van der Waals surface area contributed by atoms with E-state index in [2.05, 4.69) is 27.3 Å². The van der Waals surface area contributed by atoms with Gasteiger partial charge in [0, 0.05) is 0 Å². The van der Waals surface area contributed by atoms with Gasteiger partial charge < -0.3 is 0 Å². The Morgan fingerprint density at radius 2 is 2.33 bits per heavy atom. The number of hydrogen-bond donors (Lipinski definition) is 0. The van der Waals surface area contributed by atoms with Crippen LogP contribution >= 0.6 is 0 Å². The van der Waals surface area contributed by atoms with Crippen LogP contribution in [-0.2, 0) is 20.4 Å². The van der Waals surface area contributed by atoms with Gasteiger partial charge in [0.1, 0.15) is 0 Å². The molecule has 1 nitrogen and oxygen atoms in total. The van der Waals surface area contributed by atoms with Gasteiger partial charge in [0.05, 0.1) is 0 Å². The third kappa shape index (κ3) is 4.49. The zero-order valence-corrected chi connectivity index (χ0v) is 5.21. The standard InChI is InChI=1S/C4H9O.Cr/c1-2-3-4-5;/h2-4H2,1H3;/q-1;+1. The molecule has 0 aliphatic carbocycles. The summed E-state index contributed by atoms with van der Waals surface area (Å²) in [5, 5.41) is 0. The molecule has 0 N–H and O–H groups in total. The SMILES string of the molecule is CCCC[O][Cr]. The molecule has 37 valence electrons. The monoisotopic (exact) mass is 125 g/mol. The molecule has 0 saturated heterocycles. The van der Waals surface area contributed by atoms with Crippen LogP contribution in [0.15, 0.2) is 0 Å². The molecule has 0 amide bonds. The Balaban J connectivity index is 2.34. The summed E-state index contributed by atoms with van der Waals surface area (Å²) in [6.45, 7) is 3.00. The van der Waals surface area contributed by atoms with Crippen molar-refractivity contribution in [2.75, 3.05) is 6.61 Å². The minimum atomic E-state index is 0.858. The van der Waals surface area contributed by atoms with Crippen molar-refractivity contribution in [3.05, 3.63) is 0 Å². The third-order valence-corrected chi connectivity index (χ3v) is 0.841. The van der Waals surface area contributed by atoms with Gasteiger partial charge in [-0.25, -0.2) is 0 Å². The minimum absolute atomic E-state index is 0.858. The summed E-state index contributed by atoms with van der Waals surface area (Å²) in [4.78, 5) is 0. The van der Waals surface area contributed by atoms with Crippen LogP contribution in [0.25, 0.3) is 0 Å². The first-order valence-electron chi connectivity index (χ1n) is 2.16. The van der Waals surface area contributed by atoms with E-state index in [1.807, 2.05) is 0 Å². The van der Waals surface area contributed by atoms with Crippen molar-refractivity contribution in [2.45, 2.75) is 19.8 Å². The normalized spacial score (nSPS) is 8.83. The predicted molar refractivity (Wildman–Crippen MR) is 20.9 cm³/mol. The summed E-state index contributed by atoms with van der Waals surface area (Å²) < 4.78 is 4.66. The van der Waals surface area contributed by atoms with Crippen LogP contribution in [0.1, 0.15) is 19.8 Å². The van der Waals surface area contributed by atoms with E-state index in [0.717, 1.165) is 13.0 Å². The Labute approximate surface area is 47.4 Å². The van der Waals surface area contributed by atoms with Gasteiger partial charge in [0.2, 0.25) is 0 Å². The molecule has 0 rings (SSSR count). The fourth-order valence-corrected chi connectivity index (χ4v) is 0.387. The summed E-state index contributed by atoms with van der Waals surface area (Å²) >= 11 is 2.48. The molecule has 0 saturated carbocycles. The van der Waals surface area contributed by atoms with E-state index in [1.54, 1.807) is 0 Å². The first-order valence-corrected chi connectivity index (χ1v) is 2.68. The zero-order chi connectivity index (χ0) is 4.83. The Kier molecular flexibility index (Phi) is 5.94. The molecular weight excluding hydrogens is 116 g/mol. The number of hydrogen-bond acceptors (Lipinski definition) is 1. The number of unbranched alkanes of at least 4 members (excludes halogenated alkanes) is 1. The summed E-state index contributed by atoms with van der Waals surface area (Å²) in [5.41, 5.74) is 0. The van der Waals surface area contributed by atoms with E-state index >= 15 is 0 Å². The molecular formula is C4H9CrO. The quantitative estimate of drug-likeness (QED) is 0.516. The van der Waals surface area contributed by atoms with Gasteiger partial charge in [-0.3, -0.25) is 0 Å². The molecule has 0 atom stereocenters. The van der Waals surface area contributed by atoms with Gasteiger partial charge in [0.25, 0.3) is 0 Å². The van der Waals surface area contributed by atoms with Gasteiger partial charge in [-0.1, -0.05) is 0 Å². The average Bonchev–Trinajstić information content (AvgIpc) is 1.61. The van der Waals surface area contributed by atoms with Gasteiger partial charge in [-0.2, -0.15) is 0 Å². The van der Waals surface area contributed by atoms with E-state index < -0.39 is 0 Å². The Morgan fingerprint density at radius 1 is 1.67 bits per heavy atom. The number of rotatable bonds is 3. The van der Waals surface area contributed by atoms with Crippen LogP contribution in [0.3, 0.4) is 0 Å². The molecule has 0 unspecified atom stereocenters. The first kappa shape index (κ1) is 6.49. The molecule has 0 heterocycles. The van der Waals surface area contributed by atoms with Crippen molar-refractivity contribution in [3.63, 3.8) is 0 Å². The van der Waals surface area contributed by atoms with E-state index in [9.17, 15) is 0 Å². The molecule has 0 fully saturated rings. The fraction of sp³-hybridized carbons (Fsp3) is 1.00. The molecule has 0 spiro atoms. The summed E-state index contributed by atoms with van der Waals surface area (Å²) in [5.74, 6) is 0. The van der Waals surface area contributed by atoms with Crippen molar-refractivity contribution in [1.82, 2.24) is 0 Å². The van der Waals surface area contributed by atoms with Gasteiger partial charge in [0.15, 0.2) is 0 Å². The summed E-state index contributed by atoms with van der Waals surface area (Å²) in [6.07, 6.45) is 2.37. The third-order valence-electron chi connectivity index (χ3n) is 0.581. The van der Waals surface area contributed by atoms with Crippen molar-refractivity contribution in [2.24, 2.45) is 0 Å². The van der Waals surface area contributed by atoms with E-state index in [0.29, 0.717) is 0 Å². The van der Waals surface area contributed by atoms with Crippen LogP contribution in [0.2, 0.25) is 0 Å². The topological polar surface area (TPSA) is 9.23 Å². The van der Waals surface area contributed by atoms with Crippen molar-refractivity contribution >= 4 is 0 Å². The van der Waals surface area contributed by atoms with Crippen LogP contribution in [0.5, 0.6) is 0 Å². The van der Waals surface area contributed by atoms with Gasteiger partial charge in [-0.05, 0) is 0 Å². The van der Waals surface area contributed by atoms with Crippen molar-refractivity contribution < 1.29 is 20.4 Å². The molecule has 0 aromatic carbocycles. The molecule has 0 radical (unpaired) electrons. The zero-order valence-electron chi connectivity index (χ0n) is 3.94. The second-order valence-corrected chi connectivity index (χ2v) is 1.54. The molecule has 0 bridgehead atoms. The van der Waals surface area contributed by atoms with E-state index in [1.165, 1.54) is 6.42 Å². The van der Waals surface area contributed by atoms with Crippen LogP contribution in [0.4, 0.5) is 0 Å². The Hall–Kier alpha value is 0.492. The van der Waals surface area contributed by atoms with Crippen molar-refractivity contribution in [1.29, 1.82) is 0 Å². The maximum atomic E-state index is 4.66. The van der Waals surface area contributed by atoms with E-state index in [4.69, 9.17) is 0 Å². The van der Waals surface area contributed by atoms with Crippen molar-refractivity contribution in [3.8, 4) is 0 Å². The fourth-order valence-electron chi connectivity index (χ4n) is 0.203. The molecule has 2 heteroatoms. The predicted octanol–water partition coefficient (Wildman–Crippen LogP) is 1.26. The molecule has 0 aromatic heterocycles. The molecule has 0 aliphatic heterocycles. The summed E-state index contributed by atoms with van der Waals surface area (Å²) in [6, 6.07) is 0. The summed E-state index contributed by atoms with van der Waals surface area (Å²) in [7, 11) is 0. The van der Waals surface area contributed by atoms with Gasteiger partial charge >= 0.3 is 46.8 Å². The Bertz CT molecular complexity index is 19.5. The van der Waals surface area contributed by atoms with E-state index in [-0.39, 0.29) is 0 Å². The van der Waals surface area contributed by atoms with Crippen LogP contribution < -0.4 is 0 Å². The second-order valence-electron chi connectivity index (χ2n) is 1.18. The first-order chi connectivity index (χ1) is 2.91. The molecule has 6 heavy (non-hydrogen) atoms. The van der Waals surface area contributed by atoms with Crippen LogP contribution in [0, 0.1) is 0 Å². The average molecular weight is 125 g/mol. The van der Waals surface area contributed by atoms with Gasteiger partial charge in [-0.15, -0.1) is 0 Å².